The van der Waals surface area contributed by atoms with Crippen molar-refractivity contribution in [2.45, 2.75) is 63.8 Å². The van der Waals surface area contributed by atoms with Crippen molar-refractivity contribution in [1.29, 1.82) is 0 Å². The molecule has 0 heterocycles. The summed E-state index contributed by atoms with van der Waals surface area (Å²) in [7, 11) is 0.644. The van der Waals surface area contributed by atoms with Crippen molar-refractivity contribution in [3.05, 3.63) is 29.8 Å². The van der Waals surface area contributed by atoms with Gasteiger partial charge in [0.1, 0.15) is 0 Å². The third kappa shape index (κ3) is 5.94. The van der Waals surface area contributed by atoms with E-state index in [1.54, 1.807) is 20.8 Å². The molecule has 1 saturated carbocycles. The van der Waals surface area contributed by atoms with Gasteiger partial charge >= 0.3 is 0 Å². The minimum Gasteiger partial charge on any atom is -0.378 e. The lowest BCUT2D eigenvalue weighted by Crippen LogP contribution is -2.46. The second-order valence-corrected chi connectivity index (χ2v) is 11.0. The van der Waals surface area contributed by atoms with Crippen molar-refractivity contribution in [3.63, 3.8) is 0 Å². The van der Waals surface area contributed by atoms with Gasteiger partial charge in [-0.15, -0.1) is 0 Å². The van der Waals surface area contributed by atoms with Crippen LogP contribution in [0.25, 0.3) is 0 Å². The van der Waals surface area contributed by atoms with Crippen molar-refractivity contribution in [3.8, 4) is 0 Å². The largest absolute Gasteiger partial charge is 0.378 e. The van der Waals surface area contributed by atoms with Crippen molar-refractivity contribution in [1.82, 2.24) is 10.0 Å². The Hall–Kier alpha value is -1.60. The molecule has 2 rings (SSSR count). The third-order valence-corrected chi connectivity index (χ3v) is 7.40. The highest BCUT2D eigenvalue weighted by atomic mass is 32.2. The molecule has 0 saturated heterocycles. The van der Waals surface area contributed by atoms with Crippen LogP contribution in [0.15, 0.2) is 24.3 Å². The van der Waals surface area contributed by atoms with E-state index in [2.05, 4.69) is 10.0 Å². The number of sulfonamides is 1. The van der Waals surface area contributed by atoms with Crippen molar-refractivity contribution in [2.24, 2.45) is 5.92 Å². The van der Waals surface area contributed by atoms with E-state index in [-0.39, 0.29) is 17.9 Å². The van der Waals surface area contributed by atoms with Gasteiger partial charge in [-0.25, -0.2) is 13.1 Å². The fraction of sp³-hybridized carbons (Fsp3) is 0.650. The normalized spacial score (nSPS) is 20.9. The first-order chi connectivity index (χ1) is 12.5. The van der Waals surface area contributed by atoms with Gasteiger partial charge in [-0.2, -0.15) is 0 Å². The lowest BCUT2D eigenvalue weighted by Gasteiger charge is -2.30. The number of carbonyl (C=O) groups excluding carboxylic acids is 1. The Morgan fingerprint density at radius 1 is 1.07 bits per heavy atom. The number of anilines is 1. The van der Waals surface area contributed by atoms with Crippen molar-refractivity contribution >= 4 is 21.6 Å². The van der Waals surface area contributed by atoms with Crippen LogP contribution in [-0.2, 0) is 21.4 Å². The maximum absolute atomic E-state index is 12.4. The predicted molar refractivity (Wildman–Crippen MR) is 110 cm³/mol. The minimum atomic E-state index is -3.35. The van der Waals surface area contributed by atoms with E-state index < -0.39 is 14.8 Å². The zero-order valence-electron chi connectivity index (χ0n) is 17.1. The molecular formula is C20H33N3O3S. The smallest absolute Gasteiger partial charge is 0.223 e. The molecule has 1 aromatic rings. The summed E-state index contributed by atoms with van der Waals surface area (Å²) in [4.78, 5) is 14.5. The van der Waals surface area contributed by atoms with E-state index in [4.69, 9.17) is 0 Å². The van der Waals surface area contributed by atoms with E-state index in [1.165, 1.54) is 0 Å². The number of amides is 1. The Kier molecular flexibility index (Phi) is 6.92. The highest BCUT2D eigenvalue weighted by Crippen LogP contribution is 2.26. The number of hydrogen-bond acceptors (Lipinski definition) is 4. The lowest BCUT2D eigenvalue weighted by atomic mass is 9.86. The first-order valence-corrected chi connectivity index (χ1v) is 11.0. The van der Waals surface area contributed by atoms with Gasteiger partial charge in [0.2, 0.25) is 15.9 Å². The average molecular weight is 396 g/mol. The highest BCUT2D eigenvalue weighted by Gasteiger charge is 2.33. The molecule has 0 unspecified atom stereocenters. The van der Waals surface area contributed by atoms with Gasteiger partial charge in [-0.1, -0.05) is 12.1 Å². The number of nitrogens with one attached hydrogen (secondary N) is 2. The fourth-order valence-electron chi connectivity index (χ4n) is 3.12. The maximum atomic E-state index is 12.4. The van der Waals surface area contributed by atoms with Crippen LogP contribution in [0.3, 0.4) is 0 Å². The molecule has 1 fully saturated rings. The summed E-state index contributed by atoms with van der Waals surface area (Å²) in [6.45, 7) is 5.60. The van der Waals surface area contributed by atoms with Gasteiger partial charge in [-0.05, 0) is 64.2 Å². The Morgan fingerprint density at radius 2 is 1.63 bits per heavy atom. The van der Waals surface area contributed by atoms with Crippen LogP contribution in [0.4, 0.5) is 5.69 Å². The summed E-state index contributed by atoms with van der Waals surface area (Å²) in [5.41, 5.74) is 2.20. The Morgan fingerprint density at radius 3 is 2.11 bits per heavy atom. The first-order valence-electron chi connectivity index (χ1n) is 9.55. The van der Waals surface area contributed by atoms with E-state index in [9.17, 15) is 13.2 Å². The van der Waals surface area contributed by atoms with E-state index >= 15 is 0 Å². The third-order valence-electron chi connectivity index (χ3n) is 5.15. The number of carbonyl (C=O) groups is 1. The lowest BCUT2D eigenvalue weighted by molar-refractivity contribution is -0.126. The van der Waals surface area contributed by atoms with Crippen LogP contribution in [0.2, 0.25) is 0 Å². The zero-order valence-corrected chi connectivity index (χ0v) is 17.9. The molecule has 152 valence electrons. The molecule has 0 atom stereocenters. The second kappa shape index (κ2) is 8.61. The summed E-state index contributed by atoms with van der Waals surface area (Å²) in [5.74, 6) is 0.0188. The molecule has 27 heavy (non-hydrogen) atoms. The number of nitrogens with zero attached hydrogens (tertiary/aromatic N) is 1. The molecule has 7 heteroatoms. The Balaban J connectivity index is 1.79. The van der Waals surface area contributed by atoms with Crippen LogP contribution in [0.1, 0.15) is 52.0 Å². The minimum absolute atomic E-state index is 0.0403. The molecule has 6 nitrogen and oxygen atoms in total. The average Bonchev–Trinajstić information content (AvgIpc) is 2.59. The first kappa shape index (κ1) is 21.7. The standard InChI is InChI=1S/C20H33N3O3S/c1-20(2,3)27(25,26)22-17-10-8-16(9-11-17)19(24)21-14-15-6-12-18(13-7-15)23(4)5/h6-7,12-13,16-17,22H,8-11,14H2,1-5H3,(H,21,24)/t16-,17-. The van der Waals surface area contributed by atoms with Gasteiger partial charge < -0.3 is 10.2 Å². The molecule has 1 aromatic carbocycles. The quantitative estimate of drug-likeness (QED) is 0.776. The monoisotopic (exact) mass is 395 g/mol. The van der Waals surface area contributed by atoms with E-state index in [0.29, 0.717) is 32.2 Å². The number of benzene rings is 1. The van der Waals surface area contributed by atoms with Crippen LogP contribution < -0.4 is 14.9 Å². The van der Waals surface area contributed by atoms with Gasteiger partial charge in [0.25, 0.3) is 0 Å². The van der Waals surface area contributed by atoms with Crippen LogP contribution >= 0.6 is 0 Å². The van der Waals surface area contributed by atoms with Gasteiger partial charge in [-0.3, -0.25) is 4.79 Å². The molecule has 0 aliphatic heterocycles. The molecule has 1 aliphatic rings. The predicted octanol–water partition coefficient (Wildman–Crippen LogP) is 2.65. The molecular weight excluding hydrogens is 362 g/mol. The summed E-state index contributed by atoms with van der Waals surface area (Å²) in [6.07, 6.45) is 2.82. The van der Waals surface area contributed by atoms with E-state index in [1.807, 2.05) is 43.3 Å². The summed E-state index contributed by atoms with van der Waals surface area (Å²) in [6, 6.07) is 8.04. The SMILES string of the molecule is CN(C)c1ccc(CNC(=O)[C@H]2CC[C@H](NS(=O)(=O)C(C)(C)C)CC2)cc1. The summed E-state index contributed by atoms with van der Waals surface area (Å²) < 4.78 is 26.5. The summed E-state index contributed by atoms with van der Waals surface area (Å²) >= 11 is 0. The van der Waals surface area contributed by atoms with Crippen molar-refractivity contribution < 1.29 is 13.2 Å². The molecule has 0 spiro atoms. The molecule has 0 bridgehead atoms. The fourth-order valence-corrected chi connectivity index (χ4v) is 4.14. The van der Waals surface area contributed by atoms with Gasteiger partial charge in [0.05, 0.1) is 4.75 Å². The maximum Gasteiger partial charge on any atom is 0.223 e. The van der Waals surface area contributed by atoms with E-state index in [0.717, 1.165) is 11.3 Å². The van der Waals surface area contributed by atoms with Crippen LogP contribution in [0.5, 0.6) is 0 Å². The van der Waals surface area contributed by atoms with Gasteiger partial charge in [0.15, 0.2) is 0 Å². The molecule has 1 amide bonds. The molecule has 2 N–H and O–H groups in total. The summed E-state index contributed by atoms with van der Waals surface area (Å²) in [5, 5.41) is 3.01. The number of rotatable bonds is 6. The van der Waals surface area contributed by atoms with Crippen LogP contribution in [-0.4, -0.2) is 39.2 Å². The second-order valence-electron chi connectivity index (χ2n) is 8.56. The molecule has 1 aliphatic carbocycles. The van der Waals surface area contributed by atoms with Crippen molar-refractivity contribution in [2.75, 3.05) is 19.0 Å². The van der Waals surface area contributed by atoms with Crippen LogP contribution in [0, 0.1) is 5.92 Å². The zero-order chi connectivity index (χ0) is 20.2. The topological polar surface area (TPSA) is 78.5 Å². The molecule has 0 aromatic heterocycles. The Bertz CT molecular complexity index is 729. The highest BCUT2D eigenvalue weighted by molar-refractivity contribution is 7.90. The van der Waals surface area contributed by atoms with Gasteiger partial charge in [0, 0.05) is 38.3 Å². The number of hydrogen-bond donors (Lipinski definition) is 2. The Labute approximate surface area is 163 Å². The molecule has 0 radical (unpaired) electrons.